The molecule has 0 aromatic heterocycles. The van der Waals surface area contributed by atoms with Crippen molar-refractivity contribution in [1.82, 2.24) is 4.90 Å². The zero-order valence-corrected chi connectivity index (χ0v) is 13.4. The van der Waals surface area contributed by atoms with Crippen molar-refractivity contribution in [3.05, 3.63) is 0 Å². The van der Waals surface area contributed by atoms with E-state index in [0.717, 1.165) is 19.3 Å². The van der Waals surface area contributed by atoms with Gasteiger partial charge in [-0.2, -0.15) is 0 Å². The van der Waals surface area contributed by atoms with Gasteiger partial charge in [-0.1, -0.05) is 12.8 Å². The zero-order valence-electron chi connectivity index (χ0n) is 13.4. The summed E-state index contributed by atoms with van der Waals surface area (Å²) in [4.78, 5) is 14.7. The van der Waals surface area contributed by atoms with Crippen molar-refractivity contribution in [2.24, 2.45) is 17.1 Å². The van der Waals surface area contributed by atoms with E-state index in [1.807, 2.05) is 32.6 Å². The van der Waals surface area contributed by atoms with Crippen molar-refractivity contribution >= 4 is 5.91 Å². The first-order valence-corrected chi connectivity index (χ1v) is 7.88. The number of amides is 1. The lowest BCUT2D eigenvalue weighted by molar-refractivity contribution is -0.154. The summed E-state index contributed by atoms with van der Waals surface area (Å²) in [6.07, 6.45) is 4.92. The Morgan fingerprint density at radius 3 is 2.50 bits per heavy atom. The Morgan fingerprint density at radius 1 is 1.25 bits per heavy atom. The van der Waals surface area contributed by atoms with E-state index >= 15 is 0 Å². The standard InChI is InChI=1S/C16H30N2O2/c1-14(2,15(3,4)17)13(19)18-10-9-16(20)8-6-5-7-12(16)11-18/h12,20H,5-11,17H2,1-4H3. The molecule has 2 unspecified atom stereocenters. The van der Waals surface area contributed by atoms with E-state index in [0.29, 0.717) is 19.5 Å². The van der Waals surface area contributed by atoms with Crippen LogP contribution in [0.1, 0.15) is 59.8 Å². The highest BCUT2D eigenvalue weighted by Gasteiger charge is 2.48. The lowest BCUT2D eigenvalue weighted by Gasteiger charge is -2.50. The monoisotopic (exact) mass is 282 g/mol. The van der Waals surface area contributed by atoms with Crippen molar-refractivity contribution in [2.75, 3.05) is 13.1 Å². The number of carbonyl (C=O) groups excluding carboxylic acids is 1. The molecular formula is C16H30N2O2. The van der Waals surface area contributed by atoms with Gasteiger partial charge in [0.25, 0.3) is 0 Å². The highest BCUT2D eigenvalue weighted by atomic mass is 16.3. The molecular weight excluding hydrogens is 252 g/mol. The van der Waals surface area contributed by atoms with E-state index in [2.05, 4.69) is 0 Å². The molecule has 20 heavy (non-hydrogen) atoms. The third-order valence-corrected chi connectivity index (χ3v) is 5.86. The molecule has 0 aromatic rings. The fourth-order valence-corrected chi connectivity index (χ4v) is 3.43. The SMILES string of the molecule is CC(C)(N)C(C)(C)C(=O)N1CCC2(O)CCCCC2C1. The van der Waals surface area contributed by atoms with Crippen LogP contribution >= 0.6 is 0 Å². The molecule has 0 aromatic carbocycles. The third-order valence-electron chi connectivity index (χ3n) is 5.86. The summed E-state index contributed by atoms with van der Waals surface area (Å²) in [6, 6.07) is 0. The molecule has 2 aliphatic rings. The summed E-state index contributed by atoms with van der Waals surface area (Å²) < 4.78 is 0. The number of aliphatic hydroxyl groups is 1. The molecule has 116 valence electrons. The Balaban J connectivity index is 2.10. The van der Waals surface area contributed by atoms with Crippen molar-refractivity contribution in [2.45, 2.75) is 70.9 Å². The first-order valence-electron chi connectivity index (χ1n) is 7.88. The zero-order chi connectivity index (χ0) is 15.2. The van der Waals surface area contributed by atoms with E-state index in [1.54, 1.807) is 0 Å². The number of hydrogen-bond acceptors (Lipinski definition) is 3. The maximum Gasteiger partial charge on any atom is 0.230 e. The van der Waals surface area contributed by atoms with Gasteiger partial charge in [0.2, 0.25) is 5.91 Å². The quantitative estimate of drug-likeness (QED) is 0.813. The maximum absolute atomic E-state index is 12.8. The average Bonchev–Trinajstić information content (AvgIpc) is 2.35. The van der Waals surface area contributed by atoms with Crippen molar-refractivity contribution < 1.29 is 9.90 Å². The van der Waals surface area contributed by atoms with Gasteiger partial charge in [-0.05, 0) is 47.0 Å². The Labute approximate surface area is 122 Å². The van der Waals surface area contributed by atoms with Crippen molar-refractivity contribution in [3.63, 3.8) is 0 Å². The molecule has 3 N–H and O–H groups in total. The summed E-state index contributed by atoms with van der Waals surface area (Å²) in [6.45, 7) is 9.02. The summed E-state index contributed by atoms with van der Waals surface area (Å²) >= 11 is 0. The van der Waals surface area contributed by atoms with Crippen LogP contribution in [0, 0.1) is 11.3 Å². The van der Waals surface area contributed by atoms with Gasteiger partial charge in [0.05, 0.1) is 11.0 Å². The van der Waals surface area contributed by atoms with Gasteiger partial charge in [-0.25, -0.2) is 0 Å². The topological polar surface area (TPSA) is 66.6 Å². The molecule has 1 aliphatic carbocycles. The van der Waals surface area contributed by atoms with Gasteiger partial charge in [0, 0.05) is 24.5 Å². The molecule has 1 amide bonds. The van der Waals surface area contributed by atoms with E-state index in [-0.39, 0.29) is 11.8 Å². The van der Waals surface area contributed by atoms with Crippen LogP contribution in [-0.2, 0) is 4.79 Å². The molecule has 2 atom stereocenters. The van der Waals surface area contributed by atoms with E-state index < -0.39 is 16.6 Å². The maximum atomic E-state index is 12.8. The minimum absolute atomic E-state index is 0.123. The number of hydrogen-bond donors (Lipinski definition) is 2. The van der Waals surface area contributed by atoms with Crippen LogP contribution in [0.15, 0.2) is 0 Å². The largest absolute Gasteiger partial charge is 0.389 e. The van der Waals surface area contributed by atoms with Crippen molar-refractivity contribution in [3.8, 4) is 0 Å². The molecule has 0 bridgehead atoms. The van der Waals surface area contributed by atoms with Gasteiger partial charge in [0.1, 0.15) is 0 Å². The second kappa shape index (κ2) is 4.99. The molecule has 1 saturated carbocycles. The second-order valence-corrected chi connectivity index (χ2v) is 7.89. The number of nitrogens with two attached hydrogens (primary N) is 1. The van der Waals surface area contributed by atoms with Crippen LogP contribution in [0.5, 0.6) is 0 Å². The summed E-state index contributed by atoms with van der Waals surface area (Å²) in [5, 5.41) is 10.7. The van der Waals surface area contributed by atoms with Crippen LogP contribution < -0.4 is 5.73 Å². The highest BCUT2D eigenvalue weighted by molar-refractivity contribution is 5.83. The fourth-order valence-electron chi connectivity index (χ4n) is 3.43. The average molecular weight is 282 g/mol. The summed E-state index contributed by atoms with van der Waals surface area (Å²) in [5.74, 6) is 0.364. The van der Waals surface area contributed by atoms with Crippen LogP contribution in [0.3, 0.4) is 0 Å². The molecule has 2 rings (SSSR count). The Kier molecular flexibility index (Phi) is 3.93. The van der Waals surface area contributed by atoms with Gasteiger partial charge in [-0.15, -0.1) is 0 Å². The van der Waals surface area contributed by atoms with Crippen LogP contribution in [0.25, 0.3) is 0 Å². The molecule has 4 nitrogen and oxygen atoms in total. The van der Waals surface area contributed by atoms with Gasteiger partial charge < -0.3 is 15.7 Å². The highest BCUT2D eigenvalue weighted by Crippen LogP contribution is 2.41. The summed E-state index contributed by atoms with van der Waals surface area (Å²) in [7, 11) is 0. The van der Waals surface area contributed by atoms with Crippen LogP contribution in [0.2, 0.25) is 0 Å². The molecule has 1 saturated heterocycles. The second-order valence-electron chi connectivity index (χ2n) is 7.89. The lowest BCUT2D eigenvalue weighted by Crippen LogP contribution is -2.61. The first-order chi connectivity index (χ1) is 9.08. The summed E-state index contributed by atoms with van der Waals surface area (Å²) in [5.41, 5.74) is 4.51. The molecule has 4 heteroatoms. The van der Waals surface area contributed by atoms with E-state index in [1.165, 1.54) is 6.42 Å². The van der Waals surface area contributed by atoms with Gasteiger partial charge >= 0.3 is 0 Å². The first kappa shape index (κ1) is 15.8. The molecule has 1 heterocycles. The minimum atomic E-state index is -0.586. The molecule has 0 radical (unpaired) electrons. The number of nitrogens with zero attached hydrogens (tertiary/aromatic N) is 1. The third kappa shape index (κ3) is 2.60. The normalized spacial score (nSPS) is 31.9. The fraction of sp³-hybridized carbons (Fsp3) is 0.938. The predicted octanol–water partition coefficient (Wildman–Crippen LogP) is 1.90. The lowest BCUT2D eigenvalue weighted by atomic mass is 9.69. The molecule has 0 spiro atoms. The Bertz CT molecular complexity index is 386. The Hall–Kier alpha value is -0.610. The van der Waals surface area contributed by atoms with Crippen molar-refractivity contribution in [1.29, 1.82) is 0 Å². The Morgan fingerprint density at radius 2 is 1.90 bits per heavy atom. The minimum Gasteiger partial charge on any atom is -0.389 e. The van der Waals surface area contributed by atoms with Crippen LogP contribution in [0.4, 0.5) is 0 Å². The van der Waals surface area contributed by atoms with E-state index in [4.69, 9.17) is 5.73 Å². The number of fused-ring (bicyclic) bond motifs is 1. The molecule has 1 aliphatic heterocycles. The number of rotatable bonds is 2. The number of piperidine rings is 1. The van der Waals surface area contributed by atoms with Crippen LogP contribution in [-0.4, -0.2) is 40.1 Å². The predicted molar refractivity (Wildman–Crippen MR) is 80.2 cm³/mol. The van der Waals surface area contributed by atoms with E-state index in [9.17, 15) is 9.90 Å². The number of likely N-dealkylation sites (tertiary alicyclic amines) is 1. The smallest absolute Gasteiger partial charge is 0.230 e. The van der Waals surface area contributed by atoms with Gasteiger partial charge in [0.15, 0.2) is 0 Å². The van der Waals surface area contributed by atoms with Gasteiger partial charge in [-0.3, -0.25) is 4.79 Å². The molecule has 2 fully saturated rings. The number of carbonyl (C=O) groups is 1.